The van der Waals surface area contributed by atoms with Crippen LogP contribution in [0.2, 0.25) is 0 Å². The van der Waals surface area contributed by atoms with E-state index in [1.807, 2.05) is 0 Å². The van der Waals surface area contributed by atoms with Crippen LogP contribution in [0.15, 0.2) is 0 Å². The van der Waals surface area contributed by atoms with Crippen LogP contribution in [0.1, 0.15) is 0 Å². The van der Waals surface area contributed by atoms with E-state index in [0.717, 1.165) is 20.4 Å². The third-order valence-electron chi connectivity index (χ3n) is 0. The molecule has 0 aromatic carbocycles. The fraction of sp³-hybridized carbons (Fsp3) is 0. The molecule has 0 aliphatic carbocycles. The first kappa shape index (κ1) is 17.2. The molecule has 4 heteroatoms. The first-order chi connectivity index (χ1) is 1.00. The average Bonchev–Trinajstić information content (AvgIpc) is 1.00. The van der Waals surface area contributed by atoms with Gasteiger partial charge in [-0.2, -0.15) is 0 Å². The van der Waals surface area contributed by atoms with E-state index in [4.69, 9.17) is 3.32 Å². The van der Waals surface area contributed by atoms with Gasteiger partial charge in [0.1, 0.15) is 0 Å². The molecule has 0 amide bonds. The Kier molecular flexibility index (Phi) is 95.0. The third-order valence-corrected chi connectivity index (χ3v) is 0. The summed E-state index contributed by atoms with van der Waals surface area (Å²) in [6, 6.07) is 0. The van der Waals surface area contributed by atoms with Crippen LogP contribution in [0, 0.1) is 0 Å². The first-order valence-electron chi connectivity index (χ1n) is 0.204. The third kappa shape index (κ3) is 9.30. The molecule has 0 saturated carbocycles. The summed E-state index contributed by atoms with van der Waals surface area (Å²) in [5.41, 5.74) is 0. The summed E-state index contributed by atoms with van der Waals surface area (Å²) < 4.78 is 8.25. The van der Waals surface area contributed by atoms with Gasteiger partial charge in [0.05, 0.1) is 0 Å². The zero-order valence-electron chi connectivity index (χ0n) is 1.67. The molecule has 0 saturated heterocycles. The fourth-order valence-corrected chi connectivity index (χ4v) is 0. The molecule has 0 aromatic rings. The van der Waals surface area contributed by atoms with E-state index < -0.39 is 0 Å². The molecule has 0 rings (SSSR count). The van der Waals surface area contributed by atoms with Crippen molar-refractivity contribution in [2.24, 2.45) is 0 Å². The van der Waals surface area contributed by atoms with Gasteiger partial charge in [-0.1, -0.05) is 0 Å². The molecule has 0 atom stereocenters. The summed E-state index contributed by atoms with van der Waals surface area (Å²) in [6.07, 6.45) is 0. The van der Waals surface area contributed by atoms with Crippen LogP contribution in [-0.2, 0) is 61.9 Å². The summed E-state index contributed by atoms with van der Waals surface area (Å²) in [5, 5.41) is 0. The molecule has 0 spiro atoms. The summed E-state index contributed by atoms with van der Waals surface area (Å²) >= 11 is 0.750. The van der Waals surface area contributed by atoms with Crippen molar-refractivity contribution in [1.29, 1.82) is 0 Å². The van der Waals surface area contributed by atoms with Crippen molar-refractivity contribution in [2.45, 2.75) is 0 Å². The van der Waals surface area contributed by atoms with Crippen LogP contribution in [-0.4, -0.2) is 0 Å². The van der Waals surface area contributed by atoms with Gasteiger partial charge in [0.2, 0.25) is 0 Å². The SMILES string of the molecule is [Fe].[Mo].[O]=[Ti]. The average molecular weight is 216 g/mol. The monoisotopic (exact) mass is 218 g/mol. The van der Waals surface area contributed by atoms with E-state index in [1.54, 1.807) is 0 Å². The molecule has 0 aliphatic heterocycles. The molecule has 0 N–H and O–H groups in total. The maximum atomic E-state index is 8.25. The Morgan fingerprint density at radius 1 is 1.25 bits per heavy atom. The summed E-state index contributed by atoms with van der Waals surface area (Å²) in [4.78, 5) is 0. The molecule has 0 fully saturated rings. The molecule has 4 heavy (non-hydrogen) atoms. The van der Waals surface area contributed by atoms with E-state index in [1.165, 1.54) is 0 Å². The number of rotatable bonds is 0. The zero-order chi connectivity index (χ0) is 2.00. The molecule has 24 valence electrons. The van der Waals surface area contributed by atoms with E-state index in [0.29, 0.717) is 0 Å². The first-order valence-corrected chi connectivity index (χ1v) is 0.842. The van der Waals surface area contributed by atoms with Crippen molar-refractivity contribution < 1.29 is 61.9 Å². The zero-order valence-corrected chi connectivity index (χ0v) is 6.34. The van der Waals surface area contributed by atoms with Gasteiger partial charge in [0.25, 0.3) is 0 Å². The second-order valence-corrected chi connectivity index (χ2v) is 0. The number of hydrogen-bond acceptors (Lipinski definition) is 1. The standard InChI is InChI=1S/Fe.Mo.O.Ti. The molecule has 0 aliphatic rings. The Morgan fingerprint density at radius 3 is 1.25 bits per heavy atom. The Hall–Kier alpha value is 1.72. The Bertz CT molecular complexity index is 8.00. The van der Waals surface area contributed by atoms with E-state index in [2.05, 4.69) is 0 Å². The van der Waals surface area contributed by atoms with Gasteiger partial charge >= 0.3 is 23.7 Å². The molecular weight excluding hydrogens is 216 g/mol. The quantitative estimate of drug-likeness (QED) is 0.515. The van der Waals surface area contributed by atoms with Crippen LogP contribution >= 0.6 is 0 Å². The summed E-state index contributed by atoms with van der Waals surface area (Å²) in [7, 11) is 0. The summed E-state index contributed by atoms with van der Waals surface area (Å²) in [5.74, 6) is 0. The van der Waals surface area contributed by atoms with Crippen molar-refractivity contribution in [1.82, 2.24) is 0 Å². The van der Waals surface area contributed by atoms with E-state index in [9.17, 15) is 0 Å². The molecule has 0 heterocycles. The normalized spacial score (nSPS) is 0.750. The second kappa shape index (κ2) is 22.1. The van der Waals surface area contributed by atoms with Gasteiger partial charge < -0.3 is 0 Å². The molecular formula is FeMoOTi. The van der Waals surface area contributed by atoms with Crippen molar-refractivity contribution in [3.8, 4) is 0 Å². The van der Waals surface area contributed by atoms with Crippen LogP contribution in [0.4, 0.5) is 0 Å². The van der Waals surface area contributed by atoms with Crippen LogP contribution in [0.5, 0.6) is 0 Å². The maximum absolute atomic E-state index is 8.25. The van der Waals surface area contributed by atoms with E-state index in [-0.39, 0.29) is 38.1 Å². The predicted octanol–water partition coefficient (Wildman–Crippen LogP) is -0.126. The summed E-state index contributed by atoms with van der Waals surface area (Å²) in [6.45, 7) is 0. The van der Waals surface area contributed by atoms with E-state index >= 15 is 0 Å². The second-order valence-electron chi connectivity index (χ2n) is 0. The van der Waals surface area contributed by atoms with Gasteiger partial charge in [0.15, 0.2) is 0 Å². The van der Waals surface area contributed by atoms with Gasteiger partial charge in [-0.05, 0) is 0 Å². The Balaban J connectivity index is -0.00000000500. The Morgan fingerprint density at radius 2 is 1.25 bits per heavy atom. The van der Waals surface area contributed by atoms with Crippen LogP contribution in [0.3, 0.4) is 0 Å². The molecule has 0 aromatic heterocycles. The molecule has 0 bridgehead atoms. The van der Waals surface area contributed by atoms with Crippen LogP contribution in [0.25, 0.3) is 0 Å². The van der Waals surface area contributed by atoms with Gasteiger partial charge in [0, 0.05) is 38.1 Å². The predicted molar refractivity (Wildman–Crippen MR) is 0.686 cm³/mol. The van der Waals surface area contributed by atoms with Crippen LogP contribution < -0.4 is 0 Å². The van der Waals surface area contributed by atoms with Crippen molar-refractivity contribution in [3.05, 3.63) is 0 Å². The Labute approximate surface area is 61.4 Å². The minimum absolute atomic E-state index is 0. The number of hydrogen-bond donors (Lipinski definition) is 0. The van der Waals surface area contributed by atoms with Gasteiger partial charge in [-0.25, -0.2) is 0 Å². The van der Waals surface area contributed by atoms with Gasteiger partial charge in [-0.15, -0.1) is 0 Å². The molecule has 0 unspecified atom stereocenters. The van der Waals surface area contributed by atoms with Crippen molar-refractivity contribution in [3.63, 3.8) is 0 Å². The van der Waals surface area contributed by atoms with Gasteiger partial charge in [-0.3, -0.25) is 0 Å². The molecule has 1 nitrogen and oxygen atoms in total. The minimum atomic E-state index is 0. The van der Waals surface area contributed by atoms with Crippen molar-refractivity contribution >= 4 is 0 Å². The fourth-order valence-electron chi connectivity index (χ4n) is 0. The molecule has 0 radical (unpaired) electrons. The van der Waals surface area contributed by atoms with Crippen molar-refractivity contribution in [2.75, 3.05) is 0 Å². The topological polar surface area (TPSA) is 17.1 Å².